The van der Waals surface area contributed by atoms with Crippen molar-refractivity contribution in [1.82, 2.24) is 0 Å². The maximum Gasteiger partial charge on any atom is 0.306 e. The standard InChI is InChI=1S/C30H33FN2O3/c1-3-36-30(34)17-15-22-14-16-25(19-27(22)31)32-20-24-11-7-13-28-26(24)12-8-18-33(28)21-29(35-2)23-9-5-4-6-10-23/h4-7,9-11,13-14,16,19,21,32H,3,8,12,15,17-18,20H2,1-2H3. The van der Waals surface area contributed by atoms with Gasteiger partial charge in [-0.1, -0.05) is 48.5 Å². The largest absolute Gasteiger partial charge is 0.495 e. The number of carbonyl (C=O) groups excluding carboxylic acids is 1. The maximum atomic E-state index is 14.6. The Balaban J connectivity index is 1.46. The van der Waals surface area contributed by atoms with Gasteiger partial charge in [-0.05, 0) is 61.1 Å². The number of nitrogens with zero attached hydrogens (tertiary/aromatic N) is 1. The number of esters is 1. The number of carbonyl (C=O) groups is 1. The SMILES string of the molecule is CCOC(=O)CCc1ccc(NCc2cccc3c2CCCN3C=C(OC)c2ccccc2)cc1F. The molecule has 1 aliphatic rings. The highest BCUT2D eigenvalue weighted by atomic mass is 19.1. The monoisotopic (exact) mass is 488 g/mol. The molecule has 188 valence electrons. The fraction of sp³-hybridized carbons (Fsp3) is 0.300. The van der Waals surface area contributed by atoms with E-state index in [-0.39, 0.29) is 18.2 Å². The number of benzene rings is 3. The molecule has 0 unspecified atom stereocenters. The number of anilines is 2. The van der Waals surface area contributed by atoms with Gasteiger partial charge in [0.1, 0.15) is 11.6 Å². The van der Waals surface area contributed by atoms with E-state index < -0.39 is 0 Å². The topological polar surface area (TPSA) is 50.8 Å². The number of methoxy groups -OCH3 is 1. The minimum atomic E-state index is -0.316. The van der Waals surface area contributed by atoms with Crippen LogP contribution in [0.5, 0.6) is 0 Å². The Morgan fingerprint density at radius 1 is 1.08 bits per heavy atom. The van der Waals surface area contributed by atoms with E-state index in [1.165, 1.54) is 22.9 Å². The van der Waals surface area contributed by atoms with Gasteiger partial charge in [-0.3, -0.25) is 4.79 Å². The summed E-state index contributed by atoms with van der Waals surface area (Å²) in [6, 6.07) is 21.5. The molecule has 1 N–H and O–H groups in total. The van der Waals surface area contributed by atoms with E-state index in [1.807, 2.05) is 36.4 Å². The number of halogens is 1. The lowest BCUT2D eigenvalue weighted by molar-refractivity contribution is -0.143. The summed E-state index contributed by atoms with van der Waals surface area (Å²) < 4.78 is 25.2. The molecule has 1 heterocycles. The maximum absolute atomic E-state index is 14.6. The Hall–Kier alpha value is -3.80. The molecule has 0 bridgehead atoms. The molecule has 0 spiro atoms. The molecule has 0 fully saturated rings. The van der Waals surface area contributed by atoms with Gasteiger partial charge in [0.25, 0.3) is 0 Å². The number of hydrogen-bond donors (Lipinski definition) is 1. The average molecular weight is 489 g/mol. The van der Waals surface area contributed by atoms with Gasteiger partial charge in [0.15, 0.2) is 0 Å². The fourth-order valence-corrected chi connectivity index (χ4v) is 4.54. The summed E-state index contributed by atoms with van der Waals surface area (Å²) >= 11 is 0. The van der Waals surface area contributed by atoms with Gasteiger partial charge in [0.2, 0.25) is 0 Å². The summed E-state index contributed by atoms with van der Waals surface area (Å²) in [6.07, 6.45) is 4.61. The predicted molar refractivity (Wildman–Crippen MR) is 142 cm³/mol. The third-order valence-electron chi connectivity index (χ3n) is 6.37. The molecule has 0 atom stereocenters. The molecule has 3 aromatic carbocycles. The Morgan fingerprint density at radius 2 is 1.92 bits per heavy atom. The van der Waals surface area contributed by atoms with Crippen LogP contribution in [-0.2, 0) is 33.7 Å². The van der Waals surface area contributed by atoms with E-state index >= 15 is 0 Å². The van der Waals surface area contributed by atoms with E-state index in [4.69, 9.17) is 9.47 Å². The lowest BCUT2D eigenvalue weighted by atomic mass is 9.96. The van der Waals surface area contributed by atoms with Gasteiger partial charge in [-0.25, -0.2) is 4.39 Å². The zero-order valence-electron chi connectivity index (χ0n) is 20.9. The highest BCUT2D eigenvalue weighted by Gasteiger charge is 2.19. The summed E-state index contributed by atoms with van der Waals surface area (Å²) in [5, 5.41) is 3.37. The first-order chi connectivity index (χ1) is 17.6. The fourth-order valence-electron chi connectivity index (χ4n) is 4.54. The second-order valence-corrected chi connectivity index (χ2v) is 8.74. The Morgan fingerprint density at radius 3 is 2.67 bits per heavy atom. The molecular weight excluding hydrogens is 455 g/mol. The first-order valence-corrected chi connectivity index (χ1v) is 12.5. The number of ether oxygens (including phenoxy) is 2. The third-order valence-corrected chi connectivity index (χ3v) is 6.37. The normalized spacial score (nSPS) is 13.2. The quantitative estimate of drug-likeness (QED) is 0.267. The van der Waals surface area contributed by atoms with Crippen LogP contribution < -0.4 is 10.2 Å². The number of aryl methyl sites for hydroxylation is 1. The molecule has 5 nitrogen and oxygen atoms in total. The minimum Gasteiger partial charge on any atom is -0.495 e. The molecule has 0 radical (unpaired) electrons. The van der Waals surface area contributed by atoms with Gasteiger partial charge in [0.05, 0.1) is 13.7 Å². The van der Waals surface area contributed by atoms with Crippen molar-refractivity contribution in [3.63, 3.8) is 0 Å². The van der Waals surface area contributed by atoms with Crippen molar-refractivity contribution in [1.29, 1.82) is 0 Å². The third kappa shape index (κ3) is 6.25. The first-order valence-electron chi connectivity index (χ1n) is 12.5. The minimum absolute atomic E-state index is 0.174. The van der Waals surface area contributed by atoms with Crippen molar-refractivity contribution in [3.8, 4) is 0 Å². The second kappa shape index (κ2) is 12.2. The number of rotatable bonds is 10. The van der Waals surface area contributed by atoms with Crippen molar-refractivity contribution in [2.45, 2.75) is 39.2 Å². The summed E-state index contributed by atoms with van der Waals surface area (Å²) in [6.45, 7) is 3.61. The molecule has 0 aliphatic carbocycles. The molecule has 36 heavy (non-hydrogen) atoms. The van der Waals surface area contributed by atoms with Crippen LogP contribution in [0, 0.1) is 5.82 Å². The molecule has 6 heteroatoms. The van der Waals surface area contributed by atoms with Gasteiger partial charge >= 0.3 is 5.97 Å². The van der Waals surface area contributed by atoms with Crippen LogP contribution in [0.15, 0.2) is 72.9 Å². The Kier molecular flexibility index (Phi) is 8.61. The highest BCUT2D eigenvalue weighted by molar-refractivity contribution is 5.70. The van der Waals surface area contributed by atoms with Gasteiger partial charge in [-0.15, -0.1) is 0 Å². The second-order valence-electron chi connectivity index (χ2n) is 8.74. The lowest BCUT2D eigenvalue weighted by Gasteiger charge is -2.30. The first kappa shape index (κ1) is 25.3. The van der Waals surface area contributed by atoms with E-state index in [2.05, 4.69) is 34.6 Å². The van der Waals surface area contributed by atoms with Crippen LogP contribution in [-0.4, -0.2) is 26.2 Å². The zero-order chi connectivity index (χ0) is 25.3. The van der Waals surface area contributed by atoms with Crippen molar-refractivity contribution in [2.24, 2.45) is 0 Å². The van der Waals surface area contributed by atoms with Crippen LogP contribution in [0.3, 0.4) is 0 Å². The summed E-state index contributed by atoms with van der Waals surface area (Å²) in [5.74, 6) is 0.201. The summed E-state index contributed by atoms with van der Waals surface area (Å²) in [5.41, 5.74) is 5.92. The van der Waals surface area contributed by atoms with Gasteiger partial charge < -0.3 is 19.7 Å². The molecule has 3 aromatic rings. The molecule has 0 saturated heterocycles. The van der Waals surface area contributed by atoms with Gasteiger partial charge in [0, 0.05) is 42.6 Å². The van der Waals surface area contributed by atoms with E-state index in [0.717, 1.165) is 30.7 Å². The molecule has 0 aromatic heterocycles. The summed E-state index contributed by atoms with van der Waals surface area (Å²) in [7, 11) is 1.70. The van der Waals surface area contributed by atoms with Crippen LogP contribution in [0.4, 0.5) is 15.8 Å². The Bertz CT molecular complexity index is 1210. The van der Waals surface area contributed by atoms with E-state index in [1.54, 1.807) is 20.1 Å². The smallest absolute Gasteiger partial charge is 0.306 e. The van der Waals surface area contributed by atoms with Crippen molar-refractivity contribution < 1.29 is 18.7 Å². The molecular formula is C30H33FN2O3. The van der Waals surface area contributed by atoms with Crippen molar-refractivity contribution in [3.05, 3.63) is 101 Å². The van der Waals surface area contributed by atoms with Crippen LogP contribution >= 0.6 is 0 Å². The Labute approximate surface area is 212 Å². The zero-order valence-corrected chi connectivity index (χ0v) is 20.9. The van der Waals surface area contributed by atoms with Crippen molar-refractivity contribution in [2.75, 3.05) is 30.5 Å². The van der Waals surface area contributed by atoms with Gasteiger partial charge in [-0.2, -0.15) is 0 Å². The van der Waals surface area contributed by atoms with Crippen LogP contribution in [0.25, 0.3) is 5.76 Å². The lowest BCUT2D eigenvalue weighted by Crippen LogP contribution is -2.25. The molecule has 4 rings (SSSR count). The van der Waals surface area contributed by atoms with Crippen LogP contribution in [0.2, 0.25) is 0 Å². The van der Waals surface area contributed by atoms with Crippen molar-refractivity contribution >= 4 is 23.1 Å². The highest BCUT2D eigenvalue weighted by Crippen LogP contribution is 2.32. The van der Waals surface area contributed by atoms with E-state index in [9.17, 15) is 9.18 Å². The van der Waals surface area contributed by atoms with E-state index in [0.29, 0.717) is 30.8 Å². The average Bonchev–Trinajstić information content (AvgIpc) is 2.90. The predicted octanol–water partition coefficient (Wildman–Crippen LogP) is 6.33. The van der Waals surface area contributed by atoms with Crippen LogP contribution in [0.1, 0.15) is 42.0 Å². The molecule has 0 amide bonds. The number of hydrogen-bond acceptors (Lipinski definition) is 5. The number of nitrogens with one attached hydrogen (secondary N) is 1. The summed E-state index contributed by atoms with van der Waals surface area (Å²) in [4.78, 5) is 13.8. The molecule has 1 aliphatic heterocycles. The molecule has 0 saturated carbocycles. The number of fused-ring (bicyclic) bond motifs is 1.